The van der Waals surface area contributed by atoms with E-state index < -0.39 is 83.5 Å². The number of likely N-dealkylation sites (tertiary alicyclic amines) is 1. The van der Waals surface area contributed by atoms with E-state index in [2.05, 4.69) is 26.3 Å². The number of hydrogen-bond donors (Lipinski definition) is 10. The molecule has 59 heavy (non-hydrogen) atoms. The Morgan fingerprint density at radius 1 is 0.644 bits per heavy atom. The molecule has 20 nitrogen and oxygen atoms in total. The first-order chi connectivity index (χ1) is 28.0. The second kappa shape index (κ2) is 23.6. The fourth-order valence-corrected chi connectivity index (χ4v) is 6.50. The van der Waals surface area contributed by atoms with Crippen LogP contribution in [0.3, 0.4) is 0 Å². The highest BCUT2D eigenvalue weighted by Crippen LogP contribution is 2.21. The summed E-state index contributed by atoms with van der Waals surface area (Å²) >= 11 is 0. The van der Waals surface area contributed by atoms with Gasteiger partial charge >= 0.3 is 0 Å². The minimum Gasteiger partial charge on any atom is -0.370 e. The average Bonchev–Trinajstić information content (AvgIpc) is 3.69. The van der Waals surface area contributed by atoms with Gasteiger partial charge in [-0.15, -0.1) is 0 Å². The van der Waals surface area contributed by atoms with Crippen molar-refractivity contribution < 1.29 is 38.4 Å². The van der Waals surface area contributed by atoms with Crippen LogP contribution in [-0.4, -0.2) is 107 Å². The number of nitrogens with two attached hydrogens (primary N) is 6. The molecule has 1 fully saturated rings. The molecular formula is C39H56N12O8. The first kappa shape index (κ1) is 46.8. The highest BCUT2D eigenvalue weighted by Gasteiger charge is 2.39. The maximum atomic E-state index is 14.0. The Balaban J connectivity index is 1.79. The number of benzene rings is 2. The standard InChI is InChI=1S/C39H56N12O8/c40-25(21-23-9-3-1-4-10-23)34(55)49-28(16-18-32(42)53)38(59)51-20-8-14-30(51)37(58)48-27(15-17-31(41)52)36(57)47-26(13-7-19-46-39(44)45)35(56)50-29(33(43)54)22-24-11-5-2-6-12-24/h1-6,9-12,25-30H,7-8,13-22,40H2,(H2,41,52)(H2,42,53)(H2,43,54)(H,47,57)(H,48,58)(H,49,55)(H,50,56)(H4,44,45,46)/t25-,26-,27-,28-,29-,30+/m0/s1. The number of amides is 8. The summed E-state index contributed by atoms with van der Waals surface area (Å²) in [6.07, 6.45) is -0.0332. The van der Waals surface area contributed by atoms with Gasteiger partial charge in [-0.05, 0) is 56.1 Å². The maximum absolute atomic E-state index is 14.0. The predicted octanol–water partition coefficient (Wildman–Crippen LogP) is -3.20. The molecule has 1 saturated heterocycles. The van der Waals surface area contributed by atoms with Crippen LogP contribution in [-0.2, 0) is 51.2 Å². The van der Waals surface area contributed by atoms with Crippen molar-refractivity contribution in [1.82, 2.24) is 26.2 Å². The molecule has 0 aliphatic carbocycles. The fraction of sp³-hybridized carbons (Fsp3) is 0.462. The number of nitrogens with one attached hydrogen (secondary N) is 4. The summed E-state index contributed by atoms with van der Waals surface area (Å²) in [4.78, 5) is 110. The van der Waals surface area contributed by atoms with E-state index in [4.69, 9.17) is 34.4 Å². The second-order valence-electron chi connectivity index (χ2n) is 14.3. The molecule has 320 valence electrons. The molecule has 0 saturated carbocycles. The van der Waals surface area contributed by atoms with E-state index in [1.54, 1.807) is 54.6 Å². The van der Waals surface area contributed by atoms with Crippen molar-refractivity contribution in [3.05, 3.63) is 71.8 Å². The van der Waals surface area contributed by atoms with Crippen LogP contribution in [0.25, 0.3) is 0 Å². The van der Waals surface area contributed by atoms with E-state index in [0.717, 1.165) is 5.56 Å². The smallest absolute Gasteiger partial charge is 0.245 e. The lowest BCUT2D eigenvalue weighted by Gasteiger charge is -2.30. The second-order valence-corrected chi connectivity index (χ2v) is 14.3. The van der Waals surface area contributed by atoms with Crippen LogP contribution in [0.2, 0.25) is 0 Å². The summed E-state index contributed by atoms with van der Waals surface area (Å²) < 4.78 is 0. The van der Waals surface area contributed by atoms with Crippen LogP contribution < -0.4 is 55.7 Å². The Morgan fingerprint density at radius 3 is 1.69 bits per heavy atom. The fourth-order valence-electron chi connectivity index (χ4n) is 6.50. The highest BCUT2D eigenvalue weighted by atomic mass is 16.2. The molecule has 0 aromatic heterocycles. The van der Waals surface area contributed by atoms with Crippen molar-refractivity contribution in [2.24, 2.45) is 39.4 Å². The molecule has 16 N–H and O–H groups in total. The van der Waals surface area contributed by atoms with Crippen molar-refractivity contribution in [1.29, 1.82) is 0 Å². The van der Waals surface area contributed by atoms with Gasteiger partial charge in [0.2, 0.25) is 47.3 Å². The third-order valence-electron chi connectivity index (χ3n) is 9.60. The molecule has 0 spiro atoms. The monoisotopic (exact) mass is 820 g/mol. The minimum atomic E-state index is -1.42. The van der Waals surface area contributed by atoms with Crippen LogP contribution >= 0.6 is 0 Å². The van der Waals surface area contributed by atoms with Gasteiger partial charge in [-0.1, -0.05) is 60.7 Å². The van der Waals surface area contributed by atoms with Gasteiger partial charge in [-0.25, -0.2) is 0 Å². The van der Waals surface area contributed by atoms with E-state index in [0.29, 0.717) is 12.0 Å². The van der Waals surface area contributed by atoms with Crippen LogP contribution in [0.4, 0.5) is 0 Å². The van der Waals surface area contributed by atoms with Gasteiger partial charge in [-0.3, -0.25) is 43.3 Å². The lowest BCUT2D eigenvalue weighted by molar-refractivity contribution is -0.142. The number of carbonyl (C=O) groups excluding carboxylic acids is 8. The van der Waals surface area contributed by atoms with E-state index in [1.807, 2.05) is 6.07 Å². The number of aliphatic imine (C=N–C) groups is 1. The number of primary amides is 3. The quantitative estimate of drug-likeness (QED) is 0.0286. The molecule has 8 amide bonds. The summed E-state index contributed by atoms with van der Waals surface area (Å²) in [6, 6.07) is 10.5. The summed E-state index contributed by atoms with van der Waals surface area (Å²) in [5.41, 5.74) is 34.9. The van der Waals surface area contributed by atoms with Gasteiger partial charge in [0.05, 0.1) is 6.04 Å². The zero-order valence-corrected chi connectivity index (χ0v) is 32.8. The predicted molar refractivity (Wildman–Crippen MR) is 217 cm³/mol. The molecular weight excluding hydrogens is 765 g/mol. The van der Waals surface area contributed by atoms with Gasteiger partial charge < -0.3 is 60.6 Å². The molecule has 1 aliphatic rings. The van der Waals surface area contributed by atoms with E-state index in [1.165, 1.54) is 4.90 Å². The average molecular weight is 821 g/mol. The summed E-state index contributed by atoms with van der Waals surface area (Å²) in [7, 11) is 0. The zero-order chi connectivity index (χ0) is 43.5. The third-order valence-corrected chi connectivity index (χ3v) is 9.60. The molecule has 1 aliphatic heterocycles. The number of guanidine groups is 1. The van der Waals surface area contributed by atoms with Gasteiger partial charge in [0.15, 0.2) is 5.96 Å². The lowest BCUT2D eigenvalue weighted by Crippen LogP contribution is -2.59. The first-order valence-corrected chi connectivity index (χ1v) is 19.3. The minimum absolute atomic E-state index is 0.0139. The summed E-state index contributed by atoms with van der Waals surface area (Å²) in [5.74, 6) is -6.20. The summed E-state index contributed by atoms with van der Waals surface area (Å²) in [6.45, 7) is 0.203. The van der Waals surface area contributed by atoms with Gasteiger partial charge in [0.25, 0.3) is 0 Å². The van der Waals surface area contributed by atoms with Crippen molar-refractivity contribution in [2.45, 2.75) is 100 Å². The largest absolute Gasteiger partial charge is 0.370 e. The zero-order valence-electron chi connectivity index (χ0n) is 32.8. The first-order valence-electron chi connectivity index (χ1n) is 19.3. The molecule has 0 unspecified atom stereocenters. The Kier molecular flexibility index (Phi) is 18.7. The van der Waals surface area contributed by atoms with Crippen molar-refractivity contribution in [2.75, 3.05) is 13.1 Å². The van der Waals surface area contributed by atoms with Gasteiger partial charge in [-0.2, -0.15) is 0 Å². The Morgan fingerprint density at radius 2 is 1.15 bits per heavy atom. The van der Waals surface area contributed by atoms with E-state index >= 15 is 0 Å². The van der Waals surface area contributed by atoms with Crippen molar-refractivity contribution in [3.8, 4) is 0 Å². The molecule has 2 aromatic carbocycles. The van der Waals surface area contributed by atoms with E-state index in [9.17, 15) is 38.4 Å². The lowest BCUT2D eigenvalue weighted by atomic mass is 10.0. The molecule has 0 radical (unpaired) electrons. The Labute approximate surface area is 342 Å². The molecule has 0 bridgehead atoms. The highest BCUT2D eigenvalue weighted by molar-refractivity contribution is 5.97. The van der Waals surface area contributed by atoms with Crippen molar-refractivity contribution in [3.63, 3.8) is 0 Å². The van der Waals surface area contributed by atoms with Crippen LogP contribution in [0.5, 0.6) is 0 Å². The van der Waals surface area contributed by atoms with Crippen LogP contribution in [0.1, 0.15) is 62.5 Å². The topological polar surface area (TPSA) is 356 Å². The molecule has 6 atom stereocenters. The number of nitrogens with zero attached hydrogens (tertiary/aromatic N) is 2. The SMILES string of the molecule is NC(=O)CC[C@H](NC(=O)[C@H]1CCCN1C(=O)[C@H](CCC(N)=O)NC(=O)[C@@H](N)Cc1ccccc1)C(=O)N[C@@H](CCCN=C(N)N)C(=O)N[C@@H](Cc1ccccc1)C(N)=O. The van der Waals surface area contributed by atoms with Gasteiger partial charge in [0, 0.05) is 32.4 Å². The maximum Gasteiger partial charge on any atom is 0.245 e. The third kappa shape index (κ3) is 16.1. The number of carbonyl (C=O) groups is 8. The molecule has 1 heterocycles. The molecule has 20 heteroatoms. The number of hydrogen-bond acceptors (Lipinski definition) is 10. The normalized spacial score (nSPS) is 15.9. The summed E-state index contributed by atoms with van der Waals surface area (Å²) in [5, 5.41) is 10.4. The molecule has 2 aromatic rings. The van der Waals surface area contributed by atoms with Crippen LogP contribution in [0, 0.1) is 0 Å². The Hall–Kier alpha value is -6.57. The van der Waals surface area contributed by atoms with Crippen molar-refractivity contribution >= 4 is 53.2 Å². The van der Waals surface area contributed by atoms with Crippen LogP contribution in [0.15, 0.2) is 65.7 Å². The Bertz CT molecular complexity index is 1810. The molecule has 3 rings (SSSR count). The van der Waals surface area contributed by atoms with Gasteiger partial charge in [0.1, 0.15) is 30.2 Å². The van der Waals surface area contributed by atoms with E-state index in [-0.39, 0.29) is 76.8 Å². The number of rotatable bonds is 24.